The van der Waals surface area contributed by atoms with Crippen LogP contribution in [0, 0.1) is 0 Å². The Bertz CT molecular complexity index is 358. The summed E-state index contributed by atoms with van der Waals surface area (Å²) >= 11 is 0. The van der Waals surface area contributed by atoms with Crippen LogP contribution >= 0.6 is 0 Å². The minimum absolute atomic E-state index is 0.621. The molecule has 1 fully saturated rings. The first-order chi connectivity index (χ1) is 8.25. The van der Waals surface area contributed by atoms with E-state index in [9.17, 15) is 0 Å². The van der Waals surface area contributed by atoms with E-state index < -0.39 is 0 Å². The molecular formula is C16H23N. The molecule has 1 aromatic carbocycles. The smallest absolute Gasteiger partial charge is 0.00683 e. The second kappa shape index (κ2) is 6.02. The van der Waals surface area contributed by atoms with Gasteiger partial charge in [-0.25, -0.2) is 0 Å². The first-order valence-corrected chi connectivity index (χ1v) is 6.75. The number of benzene rings is 1. The van der Waals surface area contributed by atoms with Crippen molar-refractivity contribution in [2.45, 2.75) is 45.1 Å². The Morgan fingerprint density at radius 2 is 1.94 bits per heavy atom. The zero-order valence-electron chi connectivity index (χ0n) is 10.9. The van der Waals surface area contributed by atoms with Crippen LogP contribution in [0.4, 0.5) is 0 Å². The Hall–Kier alpha value is -1.08. The van der Waals surface area contributed by atoms with Crippen LogP contribution in [0.2, 0.25) is 0 Å². The summed E-state index contributed by atoms with van der Waals surface area (Å²) in [5.74, 6) is 0.621. The maximum atomic E-state index is 3.52. The highest BCUT2D eigenvalue weighted by molar-refractivity contribution is 5.49. The Balaban J connectivity index is 1.74. The molecular weight excluding hydrogens is 206 g/mol. The molecule has 92 valence electrons. The van der Waals surface area contributed by atoms with Gasteiger partial charge in [-0.2, -0.15) is 0 Å². The highest BCUT2D eigenvalue weighted by Gasteiger charge is 2.19. The molecule has 1 aromatic rings. The first kappa shape index (κ1) is 12.4. The number of rotatable bonds is 6. The molecule has 1 saturated carbocycles. The molecule has 1 N–H and O–H groups in total. The maximum Gasteiger partial charge on any atom is 0.00683 e. The third kappa shape index (κ3) is 4.35. The maximum absolute atomic E-state index is 3.52. The molecule has 0 spiro atoms. The molecule has 1 nitrogen and oxygen atoms in total. The predicted molar refractivity (Wildman–Crippen MR) is 75.2 cm³/mol. The van der Waals surface area contributed by atoms with E-state index in [1.54, 1.807) is 0 Å². The summed E-state index contributed by atoms with van der Waals surface area (Å²) in [7, 11) is 0. The molecule has 0 heterocycles. The van der Waals surface area contributed by atoms with E-state index >= 15 is 0 Å². The minimum Gasteiger partial charge on any atom is -0.314 e. The zero-order valence-corrected chi connectivity index (χ0v) is 10.9. The fourth-order valence-electron chi connectivity index (χ4n) is 1.87. The lowest BCUT2D eigenvalue weighted by Crippen LogP contribution is -2.16. The fraction of sp³-hybridized carbons (Fsp3) is 0.500. The molecule has 0 saturated heterocycles. The Kier molecular flexibility index (Phi) is 4.38. The molecule has 0 amide bonds. The van der Waals surface area contributed by atoms with Crippen LogP contribution in [0.3, 0.4) is 0 Å². The van der Waals surface area contributed by atoms with E-state index in [4.69, 9.17) is 0 Å². The molecule has 0 unspecified atom stereocenters. The molecule has 2 rings (SSSR count). The van der Waals surface area contributed by atoms with Gasteiger partial charge in [-0.05, 0) is 42.9 Å². The van der Waals surface area contributed by atoms with Crippen LogP contribution in [0.15, 0.2) is 30.3 Å². The topological polar surface area (TPSA) is 12.0 Å². The lowest BCUT2D eigenvalue weighted by Gasteiger charge is -2.04. The lowest BCUT2D eigenvalue weighted by atomic mass is 10.0. The van der Waals surface area contributed by atoms with Crippen LogP contribution in [0.5, 0.6) is 0 Å². The van der Waals surface area contributed by atoms with E-state index in [0.29, 0.717) is 5.92 Å². The summed E-state index contributed by atoms with van der Waals surface area (Å²) in [6.45, 7) is 5.58. The lowest BCUT2D eigenvalue weighted by molar-refractivity contribution is 0.691. The summed E-state index contributed by atoms with van der Waals surface area (Å²) in [5.41, 5.74) is 2.72. The molecule has 1 heteroatoms. The molecule has 0 radical (unpaired) electrons. The van der Waals surface area contributed by atoms with Crippen molar-refractivity contribution in [2.75, 3.05) is 6.54 Å². The standard InChI is InChI=1S/C16H23N/c1-13(2)15-8-6-14(7-9-15)5-3-4-12-17-16-10-11-16/h3,5-9,13,16-17H,4,10-12H2,1-2H3. The normalized spacial score (nSPS) is 15.9. The summed E-state index contributed by atoms with van der Waals surface area (Å²) in [5, 5.41) is 3.52. The van der Waals surface area contributed by atoms with Gasteiger partial charge < -0.3 is 5.32 Å². The van der Waals surface area contributed by atoms with E-state index in [1.165, 1.54) is 24.0 Å². The molecule has 0 aliphatic heterocycles. The van der Waals surface area contributed by atoms with Crippen molar-refractivity contribution in [3.63, 3.8) is 0 Å². The Morgan fingerprint density at radius 3 is 2.53 bits per heavy atom. The third-order valence-electron chi connectivity index (χ3n) is 3.23. The summed E-state index contributed by atoms with van der Waals surface area (Å²) in [6.07, 6.45) is 8.36. The fourth-order valence-corrected chi connectivity index (χ4v) is 1.87. The van der Waals surface area contributed by atoms with Crippen LogP contribution in [-0.4, -0.2) is 12.6 Å². The van der Waals surface area contributed by atoms with Gasteiger partial charge in [0, 0.05) is 6.04 Å². The summed E-state index contributed by atoms with van der Waals surface area (Å²) < 4.78 is 0. The van der Waals surface area contributed by atoms with Crippen LogP contribution in [0.1, 0.15) is 50.2 Å². The summed E-state index contributed by atoms with van der Waals surface area (Å²) in [6, 6.07) is 9.70. The minimum atomic E-state index is 0.621. The van der Waals surface area contributed by atoms with Crippen molar-refractivity contribution in [3.8, 4) is 0 Å². The van der Waals surface area contributed by atoms with Gasteiger partial charge in [-0.3, -0.25) is 0 Å². The monoisotopic (exact) mass is 229 g/mol. The van der Waals surface area contributed by atoms with Gasteiger partial charge in [0.15, 0.2) is 0 Å². The van der Waals surface area contributed by atoms with E-state index in [0.717, 1.165) is 19.0 Å². The molecule has 1 aliphatic carbocycles. The SMILES string of the molecule is CC(C)c1ccc(C=CCCNC2CC2)cc1. The molecule has 1 aliphatic rings. The van der Waals surface area contributed by atoms with Gasteiger partial charge in [-0.1, -0.05) is 50.3 Å². The van der Waals surface area contributed by atoms with Gasteiger partial charge in [0.05, 0.1) is 0 Å². The van der Waals surface area contributed by atoms with Gasteiger partial charge >= 0.3 is 0 Å². The van der Waals surface area contributed by atoms with E-state index in [-0.39, 0.29) is 0 Å². The molecule has 0 bridgehead atoms. The number of hydrogen-bond donors (Lipinski definition) is 1. The number of hydrogen-bond acceptors (Lipinski definition) is 1. The Morgan fingerprint density at radius 1 is 1.24 bits per heavy atom. The summed E-state index contributed by atoms with van der Waals surface area (Å²) in [4.78, 5) is 0. The average Bonchev–Trinajstić information content (AvgIpc) is 3.13. The van der Waals surface area contributed by atoms with Crippen molar-refractivity contribution < 1.29 is 0 Å². The Labute approximate surface area is 105 Å². The van der Waals surface area contributed by atoms with Gasteiger partial charge in [0.2, 0.25) is 0 Å². The van der Waals surface area contributed by atoms with E-state index in [2.05, 4.69) is 55.6 Å². The molecule has 0 aromatic heterocycles. The second-order valence-corrected chi connectivity index (χ2v) is 5.24. The first-order valence-electron chi connectivity index (χ1n) is 6.75. The molecule has 17 heavy (non-hydrogen) atoms. The highest BCUT2D eigenvalue weighted by Crippen LogP contribution is 2.18. The highest BCUT2D eigenvalue weighted by atomic mass is 14.9. The van der Waals surface area contributed by atoms with Crippen LogP contribution in [0.25, 0.3) is 6.08 Å². The van der Waals surface area contributed by atoms with Crippen molar-refractivity contribution in [1.29, 1.82) is 0 Å². The van der Waals surface area contributed by atoms with Gasteiger partial charge in [-0.15, -0.1) is 0 Å². The largest absolute Gasteiger partial charge is 0.314 e. The van der Waals surface area contributed by atoms with Crippen molar-refractivity contribution >= 4 is 6.08 Å². The number of nitrogens with one attached hydrogen (secondary N) is 1. The van der Waals surface area contributed by atoms with Crippen molar-refractivity contribution in [1.82, 2.24) is 5.32 Å². The van der Waals surface area contributed by atoms with Gasteiger partial charge in [0.25, 0.3) is 0 Å². The van der Waals surface area contributed by atoms with E-state index in [1.807, 2.05) is 0 Å². The average molecular weight is 229 g/mol. The molecule has 0 atom stereocenters. The van der Waals surface area contributed by atoms with Crippen LogP contribution < -0.4 is 5.32 Å². The predicted octanol–water partition coefficient (Wildman–Crippen LogP) is 3.97. The van der Waals surface area contributed by atoms with Gasteiger partial charge in [0.1, 0.15) is 0 Å². The third-order valence-corrected chi connectivity index (χ3v) is 3.23. The second-order valence-electron chi connectivity index (χ2n) is 5.24. The quantitative estimate of drug-likeness (QED) is 0.728. The van der Waals surface area contributed by atoms with Crippen LogP contribution in [-0.2, 0) is 0 Å². The zero-order chi connectivity index (χ0) is 12.1. The van der Waals surface area contributed by atoms with Crippen molar-refractivity contribution in [2.24, 2.45) is 0 Å². The van der Waals surface area contributed by atoms with Crippen molar-refractivity contribution in [3.05, 3.63) is 41.5 Å².